The fourth-order valence-corrected chi connectivity index (χ4v) is 2.19. The van der Waals surface area contributed by atoms with Gasteiger partial charge >= 0.3 is 0 Å². The number of hydrogen-bond donors (Lipinski definition) is 0. The van der Waals surface area contributed by atoms with Gasteiger partial charge in [0, 0.05) is 12.4 Å². The third-order valence-electron chi connectivity index (χ3n) is 2.96. The van der Waals surface area contributed by atoms with E-state index in [0.717, 1.165) is 41.3 Å². The molecule has 0 radical (unpaired) electrons. The summed E-state index contributed by atoms with van der Waals surface area (Å²) in [4.78, 5) is 4.51. The quantitative estimate of drug-likeness (QED) is 0.798. The van der Waals surface area contributed by atoms with Gasteiger partial charge in [0.15, 0.2) is 11.4 Å². The Morgan fingerprint density at radius 1 is 1.15 bits per heavy atom. The van der Waals surface area contributed by atoms with Gasteiger partial charge in [0.2, 0.25) is 0 Å². The third kappa shape index (κ3) is 3.10. The van der Waals surface area contributed by atoms with Crippen LogP contribution in [0.5, 0.6) is 5.75 Å². The molecule has 2 aromatic rings. The maximum atomic E-state index is 5.95. The molecule has 1 aliphatic rings. The van der Waals surface area contributed by atoms with Crippen LogP contribution >= 0.6 is 0 Å². The zero-order valence-electron chi connectivity index (χ0n) is 12.7. The van der Waals surface area contributed by atoms with Gasteiger partial charge in [0.1, 0.15) is 5.76 Å². The van der Waals surface area contributed by atoms with Crippen molar-refractivity contribution in [3.8, 4) is 5.75 Å². The number of pyridine rings is 1. The lowest BCUT2D eigenvalue weighted by molar-refractivity contribution is 0.441. The first-order valence-corrected chi connectivity index (χ1v) is 7.23. The van der Waals surface area contributed by atoms with Crippen molar-refractivity contribution in [1.29, 1.82) is 0 Å². The second kappa shape index (κ2) is 6.42. The normalized spacial score (nSPS) is 13.7. The first kappa shape index (κ1) is 14.4. The number of ether oxygens (including phenoxy) is 1. The summed E-state index contributed by atoms with van der Waals surface area (Å²) < 4.78 is 7.97. The van der Waals surface area contributed by atoms with Gasteiger partial charge in [-0.25, -0.2) is 4.98 Å². The highest BCUT2D eigenvalue weighted by Crippen LogP contribution is 2.24. The second-order valence-corrected chi connectivity index (χ2v) is 4.68. The van der Waals surface area contributed by atoms with Gasteiger partial charge < -0.3 is 9.14 Å². The monoisotopic (exact) mass is 270 g/mol. The highest BCUT2D eigenvalue weighted by molar-refractivity contribution is 5.56. The fraction of sp³-hybridized carbons (Fsp3) is 0.353. The molecule has 0 aromatic carbocycles. The van der Waals surface area contributed by atoms with Crippen molar-refractivity contribution < 1.29 is 4.74 Å². The van der Waals surface area contributed by atoms with Crippen molar-refractivity contribution >= 4 is 5.65 Å². The number of allylic oxidation sites excluding steroid dienone is 3. The Morgan fingerprint density at radius 2 is 1.95 bits per heavy atom. The summed E-state index contributed by atoms with van der Waals surface area (Å²) in [5.74, 6) is 1.73. The molecule has 3 heteroatoms. The zero-order chi connectivity index (χ0) is 14.5. The van der Waals surface area contributed by atoms with Crippen molar-refractivity contribution in [3.63, 3.8) is 0 Å². The van der Waals surface area contributed by atoms with E-state index < -0.39 is 0 Å². The lowest BCUT2D eigenvalue weighted by Crippen LogP contribution is -1.98. The van der Waals surface area contributed by atoms with Crippen LogP contribution in [-0.4, -0.2) is 9.38 Å². The Morgan fingerprint density at radius 3 is 2.65 bits per heavy atom. The van der Waals surface area contributed by atoms with E-state index in [9.17, 15) is 0 Å². The largest absolute Gasteiger partial charge is 0.454 e. The van der Waals surface area contributed by atoms with E-state index in [-0.39, 0.29) is 0 Å². The van der Waals surface area contributed by atoms with Gasteiger partial charge in [0.05, 0.1) is 5.69 Å². The Hall–Kier alpha value is -2.03. The minimum atomic E-state index is 0.820. The van der Waals surface area contributed by atoms with Crippen LogP contribution in [0.4, 0.5) is 0 Å². The molecule has 0 saturated carbocycles. The topological polar surface area (TPSA) is 26.5 Å². The van der Waals surface area contributed by atoms with Gasteiger partial charge in [0.25, 0.3) is 0 Å². The number of imidazole rings is 1. The van der Waals surface area contributed by atoms with Gasteiger partial charge in [-0.15, -0.1) is 0 Å². The average molecular weight is 270 g/mol. The molecule has 106 valence electrons. The Labute approximate surface area is 120 Å². The molecule has 1 aliphatic carbocycles. The van der Waals surface area contributed by atoms with E-state index in [1.165, 1.54) is 0 Å². The molecule has 0 aliphatic heterocycles. The number of aryl methyl sites for hydroxylation is 2. The molecular weight excluding hydrogens is 248 g/mol. The lowest BCUT2D eigenvalue weighted by atomic mass is 10.2. The Balaban J connectivity index is 0.000000704. The molecule has 0 bridgehead atoms. The molecule has 0 atom stereocenters. The summed E-state index contributed by atoms with van der Waals surface area (Å²) in [7, 11) is 0. The molecule has 20 heavy (non-hydrogen) atoms. The fourth-order valence-electron chi connectivity index (χ4n) is 2.19. The maximum absolute atomic E-state index is 5.95. The van der Waals surface area contributed by atoms with Gasteiger partial charge in [-0.05, 0) is 50.5 Å². The number of hydrogen-bond acceptors (Lipinski definition) is 2. The predicted molar refractivity (Wildman–Crippen MR) is 83.1 cm³/mol. The van der Waals surface area contributed by atoms with Gasteiger partial charge in [-0.3, -0.25) is 0 Å². The highest BCUT2D eigenvalue weighted by atomic mass is 16.5. The summed E-state index contributed by atoms with van der Waals surface area (Å²) in [5, 5.41) is 0. The molecule has 2 aromatic heterocycles. The van der Waals surface area contributed by atoms with E-state index >= 15 is 0 Å². The molecule has 0 spiro atoms. The Bertz CT molecular complexity index is 650. The van der Waals surface area contributed by atoms with Crippen LogP contribution < -0.4 is 4.74 Å². The zero-order valence-corrected chi connectivity index (χ0v) is 12.7. The van der Waals surface area contributed by atoms with Gasteiger partial charge in [-0.2, -0.15) is 0 Å². The second-order valence-electron chi connectivity index (χ2n) is 4.68. The van der Waals surface area contributed by atoms with E-state index in [1.54, 1.807) is 0 Å². The van der Waals surface area contributed by atoms with Crippen molar-refractivity contribution in [2.75, 3.05) is 0 Å². The number of rotatable bonds is 2. The molecule has 3 rings (SSSR count). The molecule has 0 amide bonds. The summed E-state index contributed by atoms with van der Waals surface area (Å²) in [6.45, 7) is 8.05. The van der Waals surface area contributed by atoms with Crippen molar-refractivity contribution in [2.45, 2.75) is 40.5 Å². The first-order valence-electron chi connectivity index (χ1n) is 7.23. The van der Waals surface area contributed by atoms with Crippen LogP contribution in [0.25, 0.3) is 5.65 Å². The van der Waals surface area contributed by atoms with E-state index in [1.807, 2.05) is 43.5 Å². The smallest absolute Gasteiger partial charge is 0.180 e. The van der Waals surface area contributed by atoms with Crippen LogP contribution in [0.3, 0.4) is 0 Å². The standard InChI is InChI=1S/C15H16N2O.C2H6/c1-11-8-14(18-13-6-4-3-5-7-13)15-16-12(2)10-17(15)9-11;1-2/h4,6-10H,3,5H2,1-2H3;1-2H3. The van der Waals surface area contributed by atoms with Crippen LogP contribution in [0, 0.1) is 13.8 Å². The summed E-state index contributed by atoms with van der Waals surface area (Å²) in [6, 6.07) is 2.03. The minimum absolute atomic E-state index is 0.820. The number of aromatic nitrogens is 2. The summed E-state index contributed by atoms with van der Waals surface area (Å²) >= 11 is 0. The summed E-state index contributed by atoms with van der Waals surface area (Å²) in [5.41, 5.74) is 3.03. The van der Waals surface area contributed by atoms with E-state index in [2.05, 4.69) is 30.3 Å². The maximum Gasteiger partial charge on any atom is 0.180 e. The average Bonchev–Trinajstić information content (AvgIpc) is 2.82. The third-order valence-corrected chi connectivity index (χ3v) is 2.96. The molecule has 0 N–H and O–H groups in total. The predicted octanol–water partition coefficient (Wildman–Crippen LogP) is 4.59. The van der Waals surface area contributed by atoms with Crippen LogP contribution in [0.1, 0.15) is 37.9 Å². The lowest BCUT2D eigenvalue weighted by Gasteiger charge is -2.11. The summed E-state index contributed by atoms with van der Waals surface area (Å²) in [6.07, 6.45) is 12.5. The van der Waals surface area contributed by atoms with Gasteiger partial charge in [-0.1, -0.05) is 19.9 Å². The molecular formula is C17H22N2O. The van der Waals surface area contributed by atoms with Crippen molar-refractivity contribution in [1.82, 2.24) is 9.38 Å². The number of nitrogens with zero attached hydrogens (tertiary/aromatic N) is 2. The first-order chi connectivity index (χ1) is 9.72. The van der Waals surface area contributed by atoms with Crippen molar-refractivity contribution in [3.05, 3.63) is 53.7 Å². The molecule has 3 nitrogen and oxygen atoms in total. The number of fused-ring (bicyclic) bond motifs is 1. The van der Waals surface area contributed by atoms with E-state index in [0.29, 0.717) is 0 Å². The Kier molecular flexibility index (Phi) is 4.61. The van der Waals surface area contributed by atoms with Crippen LogP contribution in [-0.2, 0) is 0 Å². The molecule has 0 unspecified atom stereocenters. The molecule has 0 saturated heterocycles. The van der Waals surface area contributed by atoms with Crippen LogP contribution in [0.15, 0.2) is 42.4 Å². The van der Waals surface area contributed by atoms with Crippen LogP contribution in [0.2, 0.25) is 0 Å². The molecule has 2 heterocycles. The van der Waals surface area contributed by atoms with E-state index in [4.69, 9.17) is 4.74 Å². The minimum Gasteiger partial charge on any atom is -0.454 e. The highest BCUT2D eigenvalue weighted by Gasteiger charge is 2.09. The SMILES string of the molecule is CC.Cc1cc(OC2=CCCC=C2)c2nc(C)cn2c1. The molecule has 0 fully saturated rings. The van der Waals surface area contributed by atoms with Crippen molar-refractivity contribution in [2.24, 2.45) is 0 Å².